The van der Waals surface area contributed by atoms with Crippen molar-refractivity contribution < 1.29 is 13.3 Å². The van der Waals surface area contributed by atoms with Crippen LogP contribution in [0.1, 0.15) is 0 Å². The Morgan fingerprint density at radius 1 is 1.75 bits per heavy atom. The largest absolute Gasteiger partial charge is 0.355 e. The molecule has 1 saturated heterocycles. The van der Waals surface area contributed by atoms with Crippen LogP contribution in [0.4, 0.5) is 0 Å². The highest BCUT2D eigenvalue weighted by molar-refractivity contribution is 7.93. The van der Waals surface area contributed by atoms with Crippen molar-refractivity contribution in [2.45, 2.75) is 0 Å². The maximum absolute atomic E-state index is 10.5. The van der Waals surface area contributed by atoms with Crippen LogP contribution in [0.3, 0.4) is 0 Å². The molecule has 0 aliphatic carbocycles. The molecule has 3 aliphatic rings. The monoisotopic (exact) mass is 134 g/mol. The van der Waals surface area contributed by atoms with Crippen molar-refractivity contribution in [3.8, 4) is 0 Å². The van der Waals surface area contributed by atoms with Crippen LogP contribution in [0.2, 0.25) is 0 Å². The zero-order valence-corrected chi connectivity index (χ0v) is 4.47. The first-order valence-electron chi connectivity index (χ1n) is 1.91. The minimum atomic E-state index is -3.17. The van der Waals surface area contributed by atoms with Gasteiger partial charge in [-0.1, -0.05) is 0 Å². The van der Waals surface area contributed by atoms with Gasteiger partial charge in [0.25, 0.3) is 5.09 Å². The summed E-state index contributed by atoms with van der Waals surface area (Å²) in [5, 5.41) is -0.00231. The first-order valence-corrected chi connectivity index (χ1v) is 3.35. The van der Waals surface area contributed by atoms with E-state index >= 15 is 0 Å². The third kappa shape index (κ3) is 0.231. The Bertz CT molecular complexity index is 250. The molecule has 0 aromatic carbocycles. The van der Waals surface area contributed by atoms with E-state index in [4.69, 9.17) is 0 Å². The van der Waals surface area contributed by atoms with E-state index in [1.54, 1.807) is 0 Å². The SMILES string of the molecule is O=S1(=O)C2=CNN1O2. The summed E-state index contributed by atoms with van der Waals surface area (Å²) in [7, 11) is -3.17. The maximum Gasteiger partial charge on any atom is 0.329 e. The summed E-state index contributed by atoms with van der Waals surface area (Å²) in [5.41, 5.74) is 2.34. The molecular weight excluding hydrogens is 132 g/mol. The molecule has 2 bridgehead atoms. The van der Waals surface area contributed by atoms with Gasteiger partial charge in [-0.2, -0.15) is 8.42 Å². The molecule has 44 valence electrons. The number of hydrogen-bond donors (Lipinski definition) is 1. The van der Waals surface area contributed by atoms with Gasteiger partial charge in [-0.25, -0.2) is 0 Å². The van der Waals surface area contributed by atoms with Crippen molar-refractivity contribution >= 4 is 10.0 Å². The van der Waals surface area contributed by atoms with Crippen LogP contribution in [-0.2, 0) is 14.9 Å². The highest BCUT2D eigenvalue weighted by atomic mass is 32.2. The Morgan fingerprint density at radius 3 is 2.62 bits per heavy atom. The molecule has 8 heavy (non-hydrogen) atoms. The van der Waals surface area contributed by atoms with Crippen LogP contribution < -0.4 is 5.43 Å². The lowest BCUT2D eigenvalue weighted by molar-refractivity contribution is -0.0634. The number of nitrogens with zero attached hydrogens (tertiary/aromatic N) is 1. The van der Waals surface area contributed by atoms with Crippen molar-refractivity contribution in [2.24, 2.45) is 0 Å². The van der Waals surface area contributed by atoms with Gasteiger partial charge in [-0.05, 0) is 0 Å². The van der Waals surface area contributed by atoms with Gasteiger partial charge in [-0.15, -0.1) is 0 Å². The lowest BCUT2D eigenvalue weighted by atomic mass is 11.0. The molecule has 0 aromatic rings. The predicted octanol–water partition coefficient (Wildman–Crippen LogP) is -1.12. The van der Waals surface area contributed by atoms with Crippen LogP contribution in [0.15, 0.2) is 11.3 Å². The first kappa shape index (κ1) is 4.16. The predicted molar refractivity (Wildman–Crippen MR) is 23.1 cm³/mol. The van der Waals surface area contributed by atoms with Gasteiger partial charge >= 0.3 is 10.0 Å². The molecular formula is C2H2N2O3S. The molecule has 3 rings (SSSR count). The van der Waals surface area contributed by atoms with Crippen molar-refractivity contribution in [3.05, 3.63) is 11.3 Å². The van der Waals surface area contributed by atoms with Crippen molar-refractivity contribution in [1.82, 2.24) is 10.0 Å². The van der Waals surface area contributed by atoms with Crippen molar-refractivity contribution in [3.63, 3.8) is 0 Å². The second-order valence-corrected chi connectivity index (χ2v) is 3.10. The lowest BCUT2D eigenvalue weighted by Crippen LogP contribution is -2.41. The van der Waals surface area contributed by atoms with Gasteiger partial charge in [0.15, 0.2) is 0 Å². The summed E-state index contributed by atoms with van der Waals surface area (Å²) < 4.78 is 21.7. The molecule has 1 N–H and O–H groups in total. The van der Waals surface area contributed by atoms with E-state index in [1.807, 2.05) is 0 Å². The maximum atomic E-state index is 10.5. The molecule has 0 aromatic heterocycles. The van der Waals surface area contributed by atoms with Gasteiger partial charge in [0.1, 0.15) is 0 Å². The van der Waals surface area contributed by atoms with E-state index in [0.717, 1.165) is 0 Å². The molecule has 0 spiro atoms. The number of rotatable bonds is 0. The molecule has 6 heteroatoms. The second-order valence-electron chi connectivity index (χ2n) is 1.42. The summed E-state index contributed by atoms with van der Waals surface area (Å²) in [5.74, 6) is 0. The standard InChI is InChI=1S/C2H2N2O3S/c5-8(6)2-1-3-4(8)7-2/h1,3H. The third-order valence-corrected chi connectivity index (χ3v) is 2.25. The fraction of sp³-hybridized carbons (Fsp3) is 0. The quantitative estimate of drug-likeness (QED) is 0.456. The molecule has 3 heterocycles. The fourth-order valence-corrected chi connectivity index (χ4v) is 1.34. The van der Waals surface area contributed by atoms with Crippen LogP contribution in [-0.4, -0.2) is 13.0 Å². The zero-order valence-electron chi connectivity index (χ0n) is 3.66. The van der Waals surface area contributed by atoms with Crippen LogP contribution in [0, 0.1) is 0 Å². The Balaban J connectivity index is 2.67. The van der Waals surface area contributed by atoms with Crippen molar-refractivity contribution in [2.75, 3.05) is 0 Å². The van der Waals surface area contributed by atoms with Gasteiger partial charge in [0.2, 0.25) is 0 Å². The molecule has 5 nitrogen and oxygen atoms in total. The Kier molecular flexibility index (Phi) is 0.441. The summed E-state index contributed by atoms with van der Waals surface area (Å²) in [4.78, 5) is 4.46. The summed E-state index contributed by atoms with van der Waals surface area (Å²) in [6.45, 7) is 0. The smallest absolute Gasteiger partial charge is 0.329 e. The topological polar surface area (TPSA) is 58.6 Å². The van der Waals surface area contributed by atoms with E-state index in [0.29, 0.717) is 4.58 Å². The minimum Gasteiger partial charge on any atom is -0.355 e. The van der Waals surface area contributed by atoms with Gasteiger partial charge in [0.05, 0.1) is 10.8 Å². The van der Waals surface area contributed by atoms with E-state index in [-0.39, 0.29) is 5.09 Å². The van der Waals surface area contributed by atoms with E-state index in [1.165, 1.54) is 6.20 Å². The van der Waals surface area contributed by atoms with Crippen LogP contribution >= 0.6 is 0 Å². The van der Waals surface area contributed by atoms with Gasteiger partial charge in [-0.3, -0.25) is 5.43 Å². The summed E-state index contributed by atoms with van der Waals surface area (Å²) in [6.07, 6.45) is 1.29. The lowest BCUT2D eigenvalue weighted by Gasteiger charge is -2.21. The number of sulfonamides is 1. The Labute approximate surface area is 45.5 Å². The average molecular weight is 134 g/mol. The summed E-state index contributed by atoms with van der Waals surface area (Å²) in [6, 6.07) is 0. The first-order chi connectivity index (χ1) is 3.71. The van der Waals surface area contributed by atoms with Gasteiger partial charge < -0.3 is 4.84 Å². The fourth-order valence-electron chi connectivity index (χ4n) is 0.533. The average Bonchev–Trinajstić information content (AvgIpc) is 2.18. The number of hydrazine groups is 1. The van der Waals surface area contributed by atoms with Crippen molar-refractivity contribution in [1.29, 1.82) is 0 Å². The molecule has 1 unspecified atom stereocenters. The number of hydrogen-bond acceptors (Lipinski definition) is 4. The number of fused-ring (bicyclic) bond motifs is 1. The highest BCUT2D eigenvalue weighted by Crippen LogP contribution is 2.30. The zero-order chi connectivity index (χ0) is 5.78. The van der Waals surface area contributed by atoms with Crippen LogP contribution in [0.5, 0.6) is 0 Å². The minimum absolute atomic E-state index is 0.00231. The summed E-state index contributed by atoms with van der Waals surface area (Å²) >= 11 is 0. The van der Waals surface area contributed by atoms with Gasteiger partial charge in [0, 0.05) is 0 Å². The molecule has 0 amide bonds. The number of nitrogens with one attached hydrogen (secondary N) is 1. The highest BCUT2D eigenvalue weighted by Gasteiger charge is 2.48. The second kappa shape index (κ2) is 0.848. The normalized spacial score (nSPS) is 36.5. The Hall–Kier alpha value is -0.750. The van der Waals surface area contributed by atoms with E-state index in [9.17, 15) is 8.42 Å². The molecule has 3 aliphatic heterocycles. The molecule has 0 radical (unpaired) electrons. The van der Waals surface area contributed by atoms with E-state index < -0.39 is 10.0 Å². The Morgan fingerprint density at radius 2 is 2.50 bits per heavy atom. The molecule has 1 atom stereocenters. The van der Waals surface area contributed by atoms with Crippen LogP contribution in [0.25, 0.3) is 0 Å². The third-order valence-electron chi connectivity index (χ3n) is 0.933. The molecule has 1 fully saturated rings. The van der Waals surface area contributed by atoms with E-state index in [2.05, 4.69) is 10.3 Å². The molecule has 0 saturated carbocycles.